The molecular formula is C29H26F3NO4. The Morgan fingerprint density at radius 1 is 0.946 bits per heavy atom. The van der Waals surface area contributed by atoms with E-state index in [1.807, 2.05) is 13.8 Å². The predicted octanol–water partition coefficient (Wildman–Crippen LogP) is 6.74. The quantitative estimate of drug-likeness (QED) is 0.235. The molecule has 8 heteroatoms. The van der Waals surface area contributed by atoms with Gasteiger partial charge in [-0.1, -0.05) is 30.3 Å². The molecule has 1 unspecified atom stereocenters. The number of ether oxygens (including phenoxy) is 1. The third-order valence-electron chi connectivity index (χ3n) is 6.19. The molecule has 1 fully saturated rings. The fourth-order valence-corrected chi connectivity index (χ4v) is 4.46. The summed E-state index contributed by atoms with van der Waals surface area (Å²) in [6, 6.07) is 14.9. The topological polar surface area (TPSA) is 66.8 Å². The zero-order valence-corrected chi connectivity index (χ0v) is 20.8. The van der Waals surface area contributed by atoms with Gasteiger partial charge in [0.1, 0.15) is 11.5 Å². The molecule has 1 saturated heterocycles. The highest BCUT2D eigenvalue weighted by atomic mass is 19.4. The van der Waals surface area contributed by atoms with Crippen molar-refractivity contribution < 1.29 is 32.6 Å². The van der Waals surface area contributed by atoms with E-state index < -0.39 is 35.2 Å². The van der Waals surface area contributed by atoms with Gasteiger partial charge in [0.25, 0.3) is 11.7 Å². The minimum atomic E-state index is -4.64. The van der Waals surface area contributed by atoms with Crippen molar-refractivity contribution >= 4 is 23.1 Å². The second-order valence-electron chi connectivity index (χ2n) is 9.22. The Morgan fingerprint density at radius 2 is 1.65 bits per heavy atom. The summed E-state index contributed by atoms with van der Waals surface area (Å²) in [5.74, 6) is -1.82. The molecule has 3 aromatic rings. The van der Waals surface area contributed by atoms with Crippen LogP contribution in [0.2, 0.25) is 0 Å². The Kier molecular flexibility index (Phi) is 6.86. The first kappa shape index (κ1) is 26.0. The Morgan fingerprint density at radius 3 is 2.27 bits per heavy atom. The standard InChI is InChI=1S/C29H26F3NO4/c1-16(2)37-23-13-12-19(14-18(23)4)26(34)24-25(22-11-6-5-8-17(22)3)33(28(36)27(24)35)21-10-7-9-20(15-21)29(30,31)32/h5-16,25,34H,1-4H3/b26-24+. The van der Waals surface area contributed by atoms with Crippen molar-refractivity contribution in [3.05, 3.63) is 100 Å². The van der Waals surface area contributed by atoms with Gasteiger partial charge >= 0.3 is 6.18 Å². The maximum absolute atomic E-state index is 13.5. The lowest BCUT2D eigenvalue weighted by atomic mass is 9.92. The number of halogens is 3. The molecule has 0 spiro atoms. The first-order valence-electron chi connectivity index (χ1n) is 11.7. The lowest BCUT2D eigenvalue weighted by Gasteiger charge is -2.27. The molecule has 3 aromatic carbocycles. The number of alkyl halides is 3. The van der Waals surface area contributed by atoms with Crippen LogP contribution in [0, 0.1) is 13.8 Å². The molecule has 1 aliphatic heterocycles. The van der Waals surface area contributed by atoms with Gasteiger partial charge in [-0.15, -0.1) is 0 Å². The number of nitrogens with zero attached hydrogens (tertiary/aromatic N) is 1. The summed E-state index contributed by atoms with van der Waals surface area (Å²) in [7, 11) is 0. The number of aliphatic hydroxyl groups excluding tert-OH is 1. The van der Waals surface area contributed by atoms with Crippen LogP contribution < -0.4 is 9.64 Å². The zero-order valence-electron chi connectivity index (χ0n) is 20.8. The Balaban J connectivity index is 1.93. The number of carbonyl (C=O) groups excluding carboxylic acids is 2. The number of hydrogen-bond acceptors (Lipinski definition) is 4. The van der Waals surface area contributed by atoms with Crippen LogP contribution >= 0.6 is 0 Å². The van der Waals surface area contributed by atoms with E-state index in [2.05, 4.69) is 0 Å². The molecule has 5 nitrogen and oxygen atoms in total. The van der Waals surface area contributed by atoms with Crippen LogP contribution in [-0.2, 0) is 15.8 Å². The van der Waals surface area contributed by atoms with Crippen LogP contribution in [0.15, 0.2) is 72.3 Å². The van der Waals surface area contributed by atoms with Gasteiger partial charge in [0.05, 0.1) is 23.3 Å². The molecule has 1 amide bonds. The van der Waals surface area contributed by atoms with Crippen LogP contribution in [0.25, 0.3) is 5.76 Å². The maximum atomic E-state index is 13.5. The van der Waals surface area contributed by atoms with Crippen molar-refractivity contribution in [1.29, 1.82) is 0 Å². The third-order valence-corrected chi connectivity index (χ3v) is 6.19. The number of anilines is 1. The van der Waals surface area contributed by atoms with E-state index in [0.717, 1.165) is 17.0 Å². The van der Waals surface area contributed by atoms with E-state index in [1.165, 1.54) is 12.1 Å². The first-order valence-corrected chi connectivity index (χ1v) is 11.7. The van der Waals surface area contributed by atoms with Crippen molar-refractivity contribution in [3.8, 4) is 5.75 Å². The van der Waals surface area contributed by atoms with Crippen LogP contribution in [0.1, 0.15) is 47.7 Å². The van der Waals surface area contributed by atoms with Gasteiger partial charge in [0, 0.05) is 11.3 Å². The molecule has 0 radical (unpaired) electrons. The number of benzene rings is 3. The Bertz CT molecular complexity index is 1410. The SMILES string of the molecule is Cc1cc(/C(O)=C2\C(=O)C(=O)N(c3cccc(C(F)(F)F)c3)C2c2ccccc2C)ccc1OC(C)C. The molecular weight excluding hydrogens is 483 g/mol. The van der Waals surface area contributed by atoms with Crippen molar-refractivity contribution in [2.75, 3.05) is 4.90 Å². The van der Waals surface area contributed by atoms with E-state index in [9.17, 15) is 27.9 Å². The van der Waals surface area contributed by atoms with Gasteiger partial charge in [-0.3, -0.25) is 14.5 Å². The van der Waals surface area contributed by atoms with Gasteiger partial charge in [0.2, 0.25) is 0 Å². The predicted molar refractivity (Wildman–Crippen MR) is 134 cm³/mol. The van der Waals surface area contributed by atoms with E-state index in [4.69, 9.17) is 4.74 Å². The molecule has 1 aliphatic rings. The number of aliphatic hydroxyl groups is 1. The van der Waals surface area contributed by atoms with E-state index >= 15 is 0 Å². The highest BCUT2D eigenvalue weighted by molar-refractivity contribution is 6.51. The summed E-state index contributed by atoms with van der Waals surface area (Å²) in [5.41, 5.74) is 0.958. The van der Waals surface area contributed by atoms with Crippen molar-refractivity contribution in [2.24, 2.45) is 0 Å². The van der Waals surface area contributed by atoms with Crippen LogP contribution in [0.3, 0.4) is 0 Å². The molecule has 0 saturated carbocycles. The number of ketones is 1. The summed E-state index contributed by atoms with van der Waals surface area (Å²) < 4.78 is 46.1. The van der Waals surface area contributed by atoms with Gasteiger partial charge in [0.15, 0.2) is 0 Å². The molecule has 4 rings (SSSR count). The number of aryl methyl sites for hydroxylation is 2. The highest BCUT2D eigenvalue weighted by Crippen LogP contribution is 2.44. The highest BCUT2D eigenvalue weighted by Gasteiger charge is 2.47. The van der Waals surface area contributed by atoms with Crippen molar-refractivity contribution in [3.63, 3.8) is 0 Å². The molecule has 1 N–H and O–H groups in total. The second-order valence-corrected chi connectivity index (χ2v) is 9.22. The first-order chi connectivity index (χ1) is 17.4. The molecule has 37 heavy (non-hydrogen) atoms. The van der Waals surface area contributed by atoms with E-state index in [1.54, 1.807) is 56.3 Å². The number of amides is 1. The molecule has 192 valence electrons. The fraction of sp³-hybridized carbons (Fsp3) is 0.241. The lowest BCUT2D eigenvalue weighted by Crippen LogP contribution is -2.30. The number of Topliss-reactive ketones (excluding diaryl/α,β-unsaturated/α-hetero) is 1. The number of hydrogen-bond donors (Lipinski definition) is 1. The van der Waals surface area contributed by atoms with Crippen LogP contribution in [-0.4, -0.2) is 22.9 Å². The largest absolute Gasteiger partial charge is 0.507 e. The third kappa shape index (κ3) is 4.96. The van der Waals surface area contributed by atoms with Crippen LogP contribution in [0.5, 0.6) is 5.75 Å². The van der Waals surface area contributed by atoms with E-state index in [-0.39, 0.29) is 22.9 Å². The minimum Gasteiger partial charge on any atom is -0.507 e. The molecule has 1 heterocycles. The summed E-state index contributed by atoms with van der Waals surface area (Å²) in [6.07, 6.45) is -4.71. The van der Waals surface area contributed by atoms with Crippen LogP contribution in [0.4, 0.5) is 18.9 Å². The van der Waals surface area contributed by atoms with Gasteiger partial charge in [-0.25, -0.2) is 0 Å². The maximum Gasteiger partial charge on any atom is 0.416 e. The van der Waals surface area contributed by atoms with E-state index in [0.29, 0.717) is 22.4 Å². The van der Waals surface area contributed by atoms with Crippen molar-refractivity contribution in [2.45, 2.75) is 46.0 Å². The minimum absolute atomic E-state index is 0.0722. The lowest BCUT2D eigenvalue weighted by molar-refractivity contribution is -0.137. The zero-order chi connectivity index (χ0) is 27.1. The summed E-state index contributed by atoms with van der Waals surface area (Å²) in [5, 5.41) is 11.3. The number of rotatable bonds is 5. The average Bonchev–Trinajstić information content (AvgIpc) is 3.09. The normalized spacial score (nSPS) is 17.5. The molecule has 0 aromatic heterocycles. The van der Waals surface area contributed by atoms with Gasteiger partial charge in [-0.05, 0) is 80.8 Å². The smallest absolute Gasteiger partial charge is 0.416 e. The summed E-state index contributed by atoms with van der Waals surface area (Å²) >= 11 is 0. The van der Waals surface area contributed by atoms with Crippen molar-refractivity contribution in [1.82, 2.24) is 0 Å². The second kappa shape index (κ2) is 9.76. The summed E-state index contributed by atoms with van der Waals surface area (Å²) in [4.78, 5) is 27.6. The molecule has 0 bridgehead atoms. The molecule has 1 atom stereocenters. The summed E-state index contributed by atoms with van der Waals surface area (Å²) in [6.45, 7) is 7.31. The Labute approximate surface area is 212 Å². The molecule has 0 aliphatic carbocycles. The number of carbonyl (C=O) groups is 2. The van der Waals surface area contributed by atoms with Gasteiger partial charge in [-0.2, -0.15) is 13.2 Å². The Hall–Kier alpha value is -4.07. The average molecular weight is 510 g/mol. The fourth-order valence-electron chi connectivity index (χ4n) is 4.46. The van der Waals surface area contributed by atoms with Gasteiger partial charge < -0.3 is 9.84 Å². The monoisotopic (exact) mass is 509 g/mol.